The molecule has 1 fully saturated rings. The molecule has 0 unspecified atom stereocenters. The lowest BCUT2D eigenvalue weighted by atomic mass is 10.1. The SMILES string of the molecule is CCCC[C@@H]1O[C@@H]1CC. The van der Waals surface area contributed by atoms with Crippen LogP contribution in [0.3, 0.4) is 0 Å². The first-order chi connectivity index (χ1) is 4.38. The van der Waals surface area contributed by atoms with E-state index in [-0.39, 0.29) is 0 Å². The Kier molecular flexibility index (Phi) is 2.52. The molecule has 0 aromatic heterocycles. The second-order valence-electron chi connectivity index (χ2n) is 2.76. The van der Waals surface area contributed by atoms with Crippen LogP contribution < -0.4 is 0 Å². The fourth-order valence-electron chi connectivity index (χ4n) is 1.20. The number of unbranched alkanes of at least 4 members (excludes halogenated alkanes) is 1. The molecule has 1 heteroatoms. The third-order valence-corrected chi connectivity index (χ3v) is 1.93. The monoisotopic (exact) mass is 128 g/mol. The highest BCUT2D eigenvalue weighted by Gasteiger charge is 2.35. The van der Waals surface area contributed by atoms with Gasteiger partial charge in [0.1, 0.15) is 0 Å². The van der Waals surface area contributed by atoms with Gasteiger partial charge < -0.3 is 4.74 Å². The van der Waals surface area contributed by atoms with Gasteiger partial charge in [0.25, 0.3) is 0 Å². The molecule has 0 amide bonds. The van der Waals surface area contributed by atoms with Crippen LogP contribution in [0.5, 0.6) is 0 Å². The summed E-state index contributed by atoms with van der Waals surface area (Å²) in [5.41, 5.74) is 0. The van der Waals surface area contributed by atoms with Gasteiger partial charge in [0.15, 0.2) is 0 Å². The highest BCUT2D eigenvalue weighted by molar-refractivity contribution is 4.82. The Hall–Kier alpha value is -0.0400. The normalized spacial score (nSPS) is 32.7. The fourth-order valence-corrected chi connectivity index (χ4v) is 1.20. The van der Waals surface area contributed by atoms with Gasteiger partial charge in [-0.3, -0.25) is 0 Å². The summed E-state index contributed by atoms with van der Waals surface area (Å²) in [6.45, 7) is 4.42. The van der Waals surface area contributed by atoms with Gasteiger partial charge >= 0.3 is 0 Å². The largest absolute Gasteiger partial charge is 0.370 e. The first-order valence-corrected chi connectivity index (χ1v) is 4.04. The van der Waals surface area contributed by atoms with Crippen molar-refractivity contribution >= 4 is 0 Å². The topological polar surface area (TPSA) is 12.5 Å². The van der Waals surface area contributed by atoms with E-state index in [4.69, 9.17) is 4.74 Å². The minimum absolute atomic E-state index is 0.622. The molecule has 0 radical (unpaired) electrons. The molecular weight excluding hydrogens is 112 g/mol. The van der Waals surface area contributed by atoms with Gasteiger partial charge in [-0.25, -0.2) is 0 Å². The zero-order valence-corrected chi connectivity index (χ0v) is 6.39. The van der Waals surface area contributed by atoms with E-state index in [2.05, 4.69) is 13.8 Å². The van der Waals surface area contributed by atoms with Crippen LogP contribution in [0.15, 0.2) is 0 Å². The zero-order chi connectivity index (χ0) is 6.69. The number of epoxide rings is 1. The quantitative estimate of drug-likeness (QED) is 0.529. The Bertz CT molecular complexity index is 80.6. The standard InChI is InChI=1S/C8H16O/c1-3-5-6-8-7(4-2)9-8/h7-8H,3-6H2,1-2H3/t7-,8+/m1/s1. The maximum Gasteiger partial charge on any atom is 0.0841 e. The van der Waals surface area contributed by atoms with E-state index in [0.29, 0.717) is 12.2 Å². The number of hydrogen-bond acceptors (Lipinski definition) is 1. The summed E-state index contributed by atoms with van der Waals surface area (Å²) in [5.74, 6) is 0. The third kappa shape index (κ3) is 1.98. The molecule has 9 heavy (non-hydrogen) atoms. The van der Waals surface area contributed by atoms with Crippen LogP contribution in [0.1, 0.15) is 39.5 Å². The predicted octanol–water partition coefficient (Wildman–Crippen LogP) is 2.35. The lowest BCUT2D eigenvalue weighted by molar-refractivity contribution is 0.356. The molecule has 0 aromatic rings. The van der Waals surface area contributed by atoms with Crippen molar-refractivity contribution in [1.82, 2.24) is 0 Å². The Balaban J connectivity index is 1.92. The van der Waals surface area contributed by atoms with Crippen LogP contribution in [-0.2, 0) is 4.74 Å². The highest BCUT2D eigenvalue weighted by atomic mass is 16.6. The number of ether oxygens (including phenoxy) is 1. The predicted molar refractivity (Wildman–Crippen MR) is 38.5 cm³/mol. The summed E-state index contributed by atoms with van der Waals surface area (Å²) in [7, 11) is 0. The van der Waals surface area contributed by atoms with Crippen molar-refractivity contribution in [1.29, 1.82) is 0 Å². The number of hydrogen-bond donors (Lipinski definition) is 0. The Labute approximate surface area is 57.4 Å². The Morgan fingerprint density at radius 2 is 2.00 bits per heavy atom. The first kappa shape index (κ1) is 7.07. The van der Waals surface area contributed by atoms with E-state index >= 15 is 0 Å². The molecule has 0 spiro atoms. The average Bonchev–Trinajstić information content (AvgIpc) is 2.62. The van der Waals surface area contributed by atoms with Crippen molar-refractivity contribution in [2.24, 2.45) is 0 Å². The molecule has 0 aromatic carbocycles. The maximum atomic E-state index is 5.37. The molecular formula is C8H16O. The molecule has 1 aliphatic rings. The van der Waals surface area contributed by atoms with E-state index in [1.54, 1.807) is 0 Å². The van der Waals surface area contributed by atoms with Crippen LogP contribution in [0.25, 0.3) is 0 Å². The summed E-state index contributed by atoms with van der Waals surface area (Å²) >= 11 is 0. The molecule has 1 saturated heterocycles. The second-order valence-corrected chi connectivity index (χ2v) is 2.76. The van der Waals surface area contributed by atoms with Gasteiger partial charge in [0.2, 0.25) is 0 Å². The van der Waals surface area contributed by atoms with Crippen molar-refractivity contribution in [2.45, 2.75) is 51.7 Å². The van der Waals surface area contributed by atoms with Gasteiger partial charge in [-0.05, 0) is 12.8 Å². The molecule has 2 atom stereocenters. The van der Waals surface area contributed by atoms with Crippen LogP contribution >= 0.6 is 0 Å². The van der Waals surface area contributed by atoms with E-state index in [0.717, 1.165) is 0 Å². The van der Waals surface area contributed by atoms with Crippen molar-refractivity contribution in [2.75, 3.05) is 0 Å². The van der Waals surface area contributed by atoms with Crippen molar-refractivity contribution < 1.29 is 4.74 Å². The summed E-state index contributed by atoms with van der Waals surface area (Å²) in [5, 5.41) is 0. The summed E-state index contributed by atoms with van der Waals surface area (Å²) in [4.78, 5) is 0. The van der Waals surface area contributed by atoms with E-state index in [1.807, 2.05) is 0 Å². The van der Waals surface area contributed by atoms with Gasteiger partial charge in [-0.2, -0.15) is 0 Å². The highest BCUT2D eigenvalue weighted by Crippen LogP contribution is 2.29. The van der Waals surface area contributed by atoms with Gasteiger partial charge in [0, 0.05) is 0 Å². The van der Waals surface area contributed by atoms with Gasteiger partial charge in [-0.1, -0.05) is 26.7 Å². The molecule has 1 heterocycles. The smallest absolute Gasteiger partial charge is 0.0841 e. The molecule has 1 rings (SSSR count). The van der Waals surface area contributed by atoms with E-state index in [1.165, 1.54) is 25.7 Å². The Morgan fingerprint density at radius 3 is 2.44 bits per heavy atom. The summed E-state index contributed by atoms with van der Waals surface area (Å²) in [6.07, 6.45) is 6.38. The van der Waals surface area contributed by atoms with Crippen LogP contribution in [0.4, 0.5) is 0 Å². The summed E-state index contributed by atoms with van der Waals surface area (Å²) in [6, 6.07) is 0. The third-order valence-electron chi connectivity index (χ3n) is 1.93. The Morgan fingerprint density at radius 1 is 1.22 bits per heavy atom. The molecule has 0 bridgehead atoms. The maximum absolute atomic E-state index is 5.37. The lowest BCUT2D eigenvalue weighted by Crippen LogP contribution is -1.90. The van der Waals surface area contributed by atoms with Crippen molar-refractivity contribution in [3.05, 3.63) is 0 Å². The fraction of sp³-hybridized carbons (Fsp3) is 1.00. The van der Waals surface area contributed by atoms with Gasteiger partial charge in [-0.15, -0.1) is 0 Å². The molecule has 54 valence electrons. The first-order valence-electron chi connectivity index (χ1n) is 4.04. The molecule has 0 saturated carbocycles. The minimum atomic E-state index is 0.622. The van der Waals surface area contributed by atoms with Crippen molar-refractivity contribution in [3.63, 3.8) is 0 Å². The van der Waals surface area contributed by atoms with Crippen LogP contribution in [0, 0.1) is 0 Å². The average molecular weight is 128 g/mol. The van der Waals surface area contributed by atoms with E-state index < -0.39 is 0 Å². The lowest BCUT2D eigenvalue weighted by Gasteiger charge is -1.88. The van der Waals surface area contributed by atoms with E-state index in [9.17, 15) is 0 Å². The zero-order valence-electron chi connectivity index (χ0n) is 6.39. The molecule has 1 nitrogen and oxygen atoms in total. The molecule has 0 N–H and O–H groups in total. The minimum Gasteiger partial charge on any atom is -0.370 e. The molecule has 0 aliphatic carbocycles. The molecule has 1 aliphatic heterocycles. The number of rotatable bonds is 4. The van der Waals surface area contributed by atoms with Crippen LogP contribution in [0.2, 0.25) is 0 Å². The van der Waals surface area contributed by atoms with Gasteiger partial charge in [0.05, 0.1) is 12.2 Å². The van der Waals surface area contributed by atoms with Crippen molar-refractivity contribution in [3.8, 4) is 0 Å². The summed E-state index contributed by atoms with van der Waals surface area (Å²) < 4.78 is 5.37. The van der Waals surface area contributed by atoms with Crippen LogP contribution in [-0.4, -0.2) is 12.2 Å². The second kappa shape index (κ2) is 3.21.